The molecule has 1 N–H and O–H groups in total. The molecule has 1 amide bonds. The third-order valence-electron chi connectivity index (χ3n) is 3.45. The molecule has 0 atom stereocenters. The van der Waals surface area contributed by atoms with Gasteiger partial charge >= 0.3 is 0 Å². The van der Waals surface area contributed by atoms with Gasteiger partial charge in [0.15, 0.2) is 0 Å². The number of carbonyl (C=O) groups is 1. The minimum atomic E-state index is 0.0219. The van der Waals surface area contributed by atoms with Crippen LogP contribution in [-0.2, 0) is 13.1 Å². The average molecular weight is 253 g/mol. The Morgan fingerprint density at radius 3 is 2.53 bits per heavy atom. The monoisotopic (exact) mass is 253 g/mol. The van der Waals surface area contributed by atoms with Gasteiger partial charge in [0, 0.05) is 38.2 Å². The zero-order valence-electron chi connectivity index (χ0n) is 10.8. The van der Waals surface area contributed by atoms with Crippen LogP contribution in [-0.4, -0.2) is 22.8 Å². The van der Waals surface area contributed by atoms with E-state index in [1.54, 1.807) is 12.4 Å². The highest BCUT2D eigenvalue weighted by Crippen LogP contribution is 2.25. The van der Waals surface area contributed by atoms with Gasteiger partial charge in [-0.15, -0.1) is 0 Å². The maximum atomic E-state index is 12.5. The van der Waals surface area contributed by atoms with Gasteiger partial charge in [0.05, 0.1) is 5.56 Å². The van der Waals surface area contributed by atoms with Crippen LogP contribution in [0.4, 0.5) is 5.69 Å². The summed E-state index contributed by atoms with van der Waals surface area (Å²) in [6.45, 7) is 1.35. The maximum absolute atomic E-state index is 12.5. The van der Waals surface area contributed by atoms with Crippen LogP contribution >= 0.6 is 0 Å². The molecule has 0 spiro atoms. The van der Waals surface area contributed by atoms with Crippen molar-refractivity contribution in [2.24, 2.45) is 0 Å². The van der Waals surface area contributed by atoms with Crippen molar-refractivity contribution in [2.75, 3.05) is 12.4 Å². The fourth-order valence-electron chi connectivity index (χ4n) is 2.43. The number of amides is 1. The van der Waals surface area contributed by atoms with E-state index < -0.39 is 0 Å². The molecule has 0 fully saturated rings. The Balaban J connectivity index is 1.87. The van der Waals surface area contributed by atoms with Crippen molar-refractivity contribution in [3.8, 4) is 0 Å². The lowest BCUT2D eigenvalue weighted by Gasteiger charge is -2.17. The number of hydrogen-bond acceptors (Lipinski definition) is 3. The van der Waals surface area contributed by atoms with E-state index in [2.05, 4.69) is 22.4 Å². The average Bonchev–Trinajstić information content (AvgIpc) is 2.90. The first-order valence-electron chi connectivity index (χ1n) is 6.27. The van der Waals surface area contributed by atoms with E-state index >= 15 is 0 Å². The molecule has 3 rings (SSSR count). The Labute approximate surface area is 112 Å². The molecule has 0 saturated carbocycles. The molecule has 2 aromatic rings. The number of nitrogens with one attached hydrogen (secondary N) is 1. The molecule has 1 aromatic carbocycles. The Morgan fingerprint density at radius 2 is 1.89 bits per heavy atom. The number of hydrogen-bond donors (Lipinski definition) is 1. The smallest absolute Gasteiger partial charge is 0.258 e. The Morgan fingerprint density at radius 1 is 1.21 bits per heavy atom. The highest BCUT2D eigenvalue weighted by atomic mass is 16.2. The first-order chi connectivity index (χ1) is 9.29. The number of nitrogens with zero attached hydrogens (tertiary/aromatic N) is 2. The van der Waals surface area contributed by atoms with Crippen LogP contribution in [0.5, 0.6) is 0 Å². The molecule has 0 aliphatic carbocycles. The SMILES string of the molecule is CNc1ccncc1C(=O)N1Cc2ccccc2C1. The van der Waals surface area contributed by atoms with E-state index in [1.807, 2.05) is 30.1 Å². The van der Waals surface area contributed by atoms with Gasteiger partial charge in [-0.3, -0.25) is 9.78 Å². The minimum Gasteiger partial charge on any atom is -0.387 e. The van der Waals surface area contributed by atoms with Crippen LogP contribution < -0.4 is 5.32 Å². The maximum Gasteiger partial charge on any atom is 0.258 e. The van der Waals surface area contributed by atoms with Crippen molar-refractivity contribution in [3.63, 3.8) is 0 Å². The lowest BCUT2D eigenvalue weighted by Crippen LogP contribution is -2.26. The quantitative estimate of drug-likeness (QED) is 0.893. The van der Waals surface area contributed by atoms with E-state index in [1.165, 1.54) is 11.1 Å². The number of carbonyl (C=O) groups excluding carboxylic acids is 1. The third kappa shape index (κ3) is 2.05. The van der Waals surface area contributed by atoms with Gasteiger partial charge < -0.3 is 10.2 Å². The summed E-state index contributed by atoms with van der Waals surface area (Å²) < 4.78 is 0. The molecule has 19 heavy (non-hydrogen) atoms. The Hall–Kier alpha value is -2.36. The van der Waals surface area contributed by atoms with Crippen molar-refractivity contribution < 1.29 is 4.79 Å². The molecule has 1 aromatic heterocycles. The van der Waals surface area contributed by atoms with Gasteiger partial charge in [0.2, 0.25) is 0 Å². The molecule has 0 saturated heterocycles. The van der Waals surface area contributed by atoms with Crippen LogP contribution in [0, 0.1) is 0 Å². The van der Waals surface area contributed by atoms with Crippen molar-refractivity contribution in [1.82, 2.24) is 9.88 Å². The van der Waals surface area contributed by atoms with Gasteiger partial charge in [0.25, 0.3) is 5.91 Å². The molecule has 0 unspecified atom stereocenters. The standard InChI is InChI=1S/C15H15N3O/c1-16-14-6-7-17-8-13(14)15(19)18-9-11-4-2-3-5-12(11)10-18/h2-8H,9-10H2,1H3,(H,16,17). The Bertz CT molecular complexity index is 599. The summed E-state index contributed by atoms with van der Waals surface area (Å²) >= 11 is 0. The number of fused-ring (bicyclic) bond motifs is 1. The highest BCUT2D eigenvalue weighted by molar-refractivity contribution is 5.99. The van der Waals surface area contributed by atoms with Crippen LogP contribution in [0.15, 0.2) is 42.7 Å². The van der Waals surface area contributed by atoms with Crippen LogP contribution in [0.1, 0.15) is 21.5 Å². The summed E-state index contributed by atoms with van der Waals surface area (Å²) in [6, 6.07) is 9.98. The zero-order chi connectivity index (χ0) is 13.2. The normalized spacial score (nSPS) is 13.2. The predicted molar refractivity (Wildman–Crippen MR) is 73.8 cm³/mol. The van der Waals surface area contributed by atoms with Gasteiger partial charge in [-0.1, -0.05) is 24.3 Å². The summed E-state index contributed by atoms with van der Waals surface area (Å²) in [5.41, 5.74) is 3.89. The van der Waals surface area contributed by atoms with E-state index in [0.717, 1.165) is 5.69 Å². The third-order valence-corrected chi connectivity index (χ3v) is 3.45. The summed E-state index contributed by atoms with van der Waals surface area (Å²) in [7, 11) is 1.81. The number of pyridine rings is 1. The molecule has 0 radical (unpaired) electrons. The topological polar surface area (TPSA) is 45.2 Å². The molecular formula is C15H15N3O. The van der Waals surface area contributed by atoms with Gasteiger partial charge in [-0.25, -0.2) is 0 Å². The summed E-state index contributed by atoms with van der Waals surface area (Å²) in [5, 5.41) is 3.03. The molecule has 96 valence electrons. The Kier molecular flexibility index (Phi) is 2.91. The van der Waals surface area contributed by atoms with E-state index in [4.69, 9.17) is 0 Å². The van der Waals surface area contributed by atoms with Crippen molar-refractivity contribution in [1.29, 1.82) is 0 Å². The fourth-order valence-corrected chi connectivity index (χ4v) is 2.43. The number of benzene rings is 1. The zero-order valence-corrected chi connectivity index (χ0v) is 10.8. The summed E-state index contributed by atoms with van der Waals surface area (Å²) in [6.07, 6.45) is 3.30. The van der Waals surface area contributed by atoms with Gasteiger partial charge in [0.1, 0.15) is 0 Å². The second-order valence-corrected chi connectivity index (χ2v) is 4.60. The first-order valence-corrected chi connectivity index (χ1v) is 6.27. The van der Waals surface area contributed by atoms with Gasteiger partial charge in [-0.05, 0) is 17.2 Å². The van der Waals surface area contributed by atoms with Crippen molar-refractivity contribution in [3.05, 3.63) is 59.4 Å². The molecule has 0 bridgehead atoms. The second kappa shape index (κ2) is 4.72. The number of anilines is 1. The molecule has 4 heteroatoms. The molecule has 1 aliphatic rings. The van der Waals surface area contributed by atoms with E-state index in [9.17, 15) is 4.79 Å². The number of rotatable bonds is 2. The minimum absolute atomic E-state index is 0.0219. The fraction of sp³-hybridized carbons (Fsp3) is 0.200. The lowest BCUT2D eigenvalue weighted by atomic mass is 10.1. The second-order valence-electron chi connectivity index (χ2n) is 4.60. The molecule has 1 aliphatic heterocycles. The lowest BCUT2D eigenvalue weighted by molar-refractivity contribution is 0.0752. The number of aromatic nitrogens is 1. The molecule has 4 nitrogen and oxygen atoms in total. The van der Waals surface area contributed by atoms with Crippen molar-refractivity contribution >= 4 is 11.6 Å². The summed E-state index contributed by atoms with van der Waals surface area (Å²) in [4.78, 5) is 18.4. The van der Waals surface area contributed by atoms with E-state index in [0.29, 0.717) is 18.7 Å². The van der Waals surface area contributed by atoms with Gasteiger partial charge in [-0.2, -0.15) is 0 Å². The van der Waals surface area contributed by atoms with Crippen LogP contribution in [0.2, 0.25) is 0 Å². The highest BCUT2D eigenvalue weighted by Gasteiger charge is 2.25. The van der Waals surface area contributed by atoms with Crippen LogP contribution in [0.3, 0.4) is 0 Å². The summed E-state index contributed by atoms with van der Waals surface area (Å²) in [5.74, 6) is 0.0219. The molecular weight excluding hydrogens is 238 g/mol. The van der Waals surface area contributed by atoms with Crippen LogP contribution in [0.25, 0.3) is 0 Å². The predicted octanol–water partition coefficient (Wildman–Crippen LogP) is 2.28. The molecule has 2 heterocycles. The van der Waals surface area contributed by atoms with Crippen molar-refractivity contribution in [2.45, 2.75) is 13.1 Å². The first kappa shape index (κ1) is 11.7. The largest absolute Gasteiger partial charge is 0.387 e. The van der Waals surface area contributed by atoms with E-state index in [-0.39, 0.29) is 5.91 Å².